The lowest BCUT2D eigenvalue weighted by Crippen LogP contribution is -2.12. The standard InChI is InChI=1S/C8H13NS2/c1-7(4-9)11-6-8-2-3-10-5-8/h2-3,5,7H,4,6,9H2,1H3. The number of hydrogen-bond donors (Lipinski definition) is 1. The maximum absolute atomic E-state index is 5.49. The Labute approximate surface area is 76.0 Å². The van der Waals surface area contributed by atoms with Crippen LogP contribution < -0.4 is 5.73 Å². The van der Waals surface area contributed by atoms with Gasteiger partial charge in [-0.2, -0.15) is 23.1 Å². The number of thiophene rings is 1. The zero-order valence-corrected chi connectivity index (χ0v) is 8.25. The van der Waals surface area contributed by atoms with Crippen molar-refractivity contribution in [1.29, 1.82) is 0 Å². The maximum Gasteiger partial charge on any atom is 0.0195 e. The van der Waals surface area contributed by atoms with Crippen molar-refractivity contribution in [2.45, 2.75) is 17.9 Å². The van der Waals surface area contributed by atoms with Crippen molar-refractivity contribution in [2.75, 3.05) is 6.54 Å². The van der Waals surface area contributed by atoms with Crippen LogP contribution >= 0.6 is 23.1 Å². The molecule has 0 radical (unpaired) electrons. The van der Waals surface area contributed by atoms with E-state index in [0.29, 0.717) is 5.25 Å². The molecular formula is C8H13NS2. The summed E-state index contributed by atoms with van der Waals surface area (Å²) < 4.78 is 0. The molecule has 1 nitrogen and oxygen atoms in total. The number of nitrogens with two attached hydrogens (primary N) is 1. The third-order valence-corrected chi connectivity index (χ3v) is 3.44. The molecule has 1 aromatic heterocycles. The van der Waals surface area contributed by atoms with Crippen molar-refractivity contribution < 1.29 is 0 Å². The summed E-state index contributed by atoms with van der Waals surface area (Å²) in [6.07, 6.45) is 0. The third-order valence-electron chi connectivity index (χ3n) is 1.45. The quantitative estimate of drug-likeness (QED) is 0.783. The SMILES string of the molecule is CC(CN)SCc1ccsc1. The van der Waals surface area contributed by atoms with Crippen molar-refractivity contribution in [2.24, 2.45) is 5.73 Å². The predicted octanol–water partition coefficient (Wildman–Crippen LogP) is 2.33. The zero-order chi connectivity index (χ0) is 8.10. The average Bonchev–Trinajstić information content (AvgIpc) is 2.52. The predicted molar refractivity (Wildman–Crippen MR) is 54.1 cm³/mol. The second-order valence-electron chi connectivity index (χ2n) is 2.49. The molecule has 0 aliphatic carbocycles. The van der Waals surface area contributed by atoms with Gasteiger partial charge >= 0.3 is 0 Å². The smallest absolute Gasteiger partial charge is 0.0195 e. The van der Waals surface area contributed by atoms with Gasteiger partial charge in [0, 0.05) is 17.5 Å². The van der Waals surface area contributed by atoms with Gasteiger partial charge in [0.15, 0.2) is 0 Å². The van der Waals surface area contributed by atoms with Crippen LogP contribution in [-0.4, -0.2) is 11.8 Å². The molecule has 1 rings (SSSR count). The highest BCUT2D eigenvalue weighted by Crippen LogP contribution is 2.18. The van der Waals surface area contributed by atoms with E-state index in [0.717, 1.165) is 12.3 Å². The molecule has 1 aromatic rings. The summed E-state index contributed by atoms with van der Waals surface area (Å²) in [5.41, 5.74) is 6.91. The fourth-order valence-corrected chi connectivity index (χ4v) is 2.25. The lowest BCUT2D eigenvalue weighted by Gasteiger charge is -2.05. The molecule has 11 heavy (non-hydrogen) atoms. The van der Waals surface area contributed by atoms with Crippen LogP contribution in [0.5, 0.6) is 0 Å². The number of rotatable bonds is 4. The second-order valence-corrected chi connectivity index (χ2v) is 4.70. The third kappa shape index (κ3) is 3.27. The molecule has 0 aliphatic rings. The fourth-order valence-electron chi connectivity index (χ4n) is 0.681. The van der Waals surface area contributed by atoms with Crippen LogP contribution in [0.3, 0.4) is 0 Å². The minimum absolute atomic E-state index is 0.579. The Morgan fingerprint density at radius 3 is 3.09 bits per heavy atom. The Hall–Kier alpha value is 0.01000. The van der Waals surface area contributed by atoms with Gasteiger partial charge < -0.3 is 5.73 Å². The summed E-state index contributed by atoms with van der Waals surface area (Å²) in [6, 6.07) is 2.17. The minimum Gasteiger partial charge on any atom is -0.329 e. The van der Waals surface area contributed by atoms with Gasteiger partial charge in [-0.1, -0.05) is 6.92 Å². The van der Waals surface area contributed by atoms with Gasteiger partial charge in [-0.05, 0) is 22.4 Å². The summed E-state index contributed by atoms with van der Waals surface area (Å²) in [5.74, 6) is 1.10. The molecule has 2 N–H and O–H groups in total. The number of hydrogen-bond acceptors (Lipinski definition) is 3. The van der Waals surface area contributed by atoms with Gasteiger partial charge in [0.05, 0.1) is 0 Å². The van der Waals surface area contributed by atoms with E-state index in [4.69, 9.17) is 5.73 Å². The Bertz CT molecular complexity index is 184. The lowest BCUT2D eigenvalue weighted by molar-refractivity contribution is 0.951. The summed E-state index contributed by atoms with van der Waals surface area (Å²) >= 11 is 3.67. The first kappa shape index (κ1) is 9.10. The van der Waals surface area contributed by atoms with E-state index in [1.807, 2.05) is 11.8 Å². The molecule has 62 valence electrons. The molecule has 0 saturated carbocycles. The van der Waals surface area contributed by atoms with Crippen LogP contribution in [0.15, 0.2) is 16.8 Å². The molecule has 0 spiro atoms. The van der Waals surface area contributed by atoms with Gasteiger partial charge in [-0.3, -0.25) is 0 Å². The molecular weight excluding hydrogens is 174 g/mol. The average molecular weight is 187 g/mol. The molecule has 0 saturated heterocycles. The van der Waals surface area contributed by atoms with Crippen LogP contribution in [-0.2, 0) is 5.75 Å². The first-order chi connectivity index (χ1) is 5.33. The van der Waals surface area contributed by atoms with E-state index in [9.17, 15) is 0 Å². The fraction of sp³-hybridized carbons (Fsp3) is 0.500. The van der Waals surface area contributed by atoms with Crippen molar-refractivity contribution in [3.8, 4) is 0 Å². The Morgan fingerprint density at radius 1 is 1.73 bits per heavy atom. The normalized spacial score (nSPS) is 13.3. The summed E-state index contributed by atoms with van der Waals surface area (Å²) in [7, 11) is 0. The van der Waals surface area contributed by atoms with Crippen molar-refractivity contribution in [3.05, 3.63) is 22.4 Å². The lowest BCUT2D eigenvalue weighted by atomic mass is 10.4. The van der Waals surface area contributed by atoms with Crippen LogP contribution in [0.4, 0.5) is 0 Å². The van der Waals surface area contributed by atoms with E-state index in [2.05, 4.69) is 23.8 Å². The first-order valence-electron chi connectivity index (χ1n) is 3.65. The minimum atomic E-state index is 0.579. The van der Waals surface area contributed by atoms with Crippen molar-refractivity contribution in [1.82, 2.24) is 0 Å². The molecule has 3 heteroatoms. The summed E-state index contributed by atoms with van der Waals surface area (Å²) in [4.78, 5) is 0. The van der Waals surface area contributed by atoms with Gasteiger partial charge in [0.25, 0.3) is 0 Å². The van der Waals surface area contributed by atoms with Crippen LogP contribution in [0.2, 0.25) is 0 Å². The number of thioether (sulfide) groups is 1. The van der Waals surface area contributed by atoms with Crippen LogP contribution in [0.1, 0.15) is 12.5 Å². The highest BCUT2D eigenvalue weighted by atomic mass is 32.2. The Morgan fingerprint density at radius 2 is 2.55 bits per heavy atom. The topological polar surface area (TPSA) is 26.0 Å². The zero-order valence-electron chi connectivity index (χ0n) is 6.62. The highest BCUT2D eigenvalue weighted by Gasteiger charge is 1.99. The molecule has 1 atom stereocenters. The van der Waals surface area contributed by atoms with E-state index < -0.39 is 0 Å². The van der Waals surface area contributed by atoms with E-state index in [1.54, 1.807) is 11.3 Å². The second kappa shape index (κ2) is 4.80. The Kier molecular flexibility index (Phi) is 3.97. The summed E-state index contributed by atoms with van der Waals surface area (Å²) in [6.45, 7) is 2.94. The van der Waals surface area contributed by atoms with E-state index in [-0.39, 0.29) is 0 Å². The van der Waals surface area contributed by atoms with E-state index >= 15 is 0 Å². The molecule has 0 bridgehead atoms. The van der Waals surface area contributed by atoms with Gasteiger partial charge in [-0.15, -0.1) is 0 Å². The maximum atomic E-state index is 5.49. The molecule has 0 fully saturated rings. The molecule has 0 aliphatic heterocycles. The van der Waals surface area contributed by atoms with Crippen LogP contribution in [0, 0.1) is 0 Å². The Balaban J connectivity index is 2.23. The molecule has 1 unspecified atom stereocenters. The molecule has 0 amide bonds. The monoisotopic (exact) mass is 187 g/mol. The van der Waals surface area contributed by atoms with Crippen molar-refractivity contribution in [3.63, 3.8) is 0 Å². The molecule has 0 aromatic carbocycles. The highest BCUT2D eigenvalue weighted by molar-refractivity contribution is 7.99. The largest absolute Gasteiger partial charge is 0.329 e. The van der Waals surface area contributed by atoms with Gasteiger partial charge in [0.1, 0.15) is 0 Å². The first-order valence-corrected chi connectivity index (χ1v) is 5.65. The van der Waals surface area contributed by atoms with E-state index in [1.165, 1.54) is 5.56 Å². The van der Waals surface area contributed by atoms with Crippen molar-refractivity contribution >= 4 is 23.1 Å². The van der Waals surface area contributed by atoms with Gasteiger partial charge in [-0.25, -0.2) is 0 Å². The van der Waals surface area contributed by atoms with Gasteiger partial charge in [0.2, 0.25) is 0 Å². The molecule has 1 heterocycles. The van der Waals surface area contributed by atoms with Crippen LogP contribution in [0.25, 0.3) is 0 Å². The summed E-state index contributed by atoms with van der Waals surface area (Å²) in [5, 5.41) is 4.88.